The highest BCUT2D eigenvalue weighted by Crippen LogP contribution is 2.13. The minimum Gasteiger partial charge on any atom is -0.477 e. The molecule has 0 spiro atoms. The monoisotopic (exact) mass is 235 g/mol. The molecule has 0 aliphatic carbocycles. The van der Waals surface area contributed by atoms with E-state index >= 15 is 0 Å². The Hall–Kier alpha value is -2.11. The van der Waals surface area contributed by atoms with E-state index in [0.29, 0.717) is 23.3 Å². The van der Waals surface area contributed by atoms with E-state index in [-0.39, 0.29) is 5.56 Å². The number of fused-ring (bicyclic) bond motifs is 1. The topological polar surface area (TPSA) is 88.0 Å². The first kappa shape index (κ1) is 11.4. The predicted octanol–water partition coefficient (Wildman–Crippen LogP) is 1.14. The first-order chi connectivity index (χ1) is 8.06. The van der Waals surface area contributed by atoms with Gasteiger partial charge in [0.15, 0.2) is 0 Å². The highest BCUT2D eigenvalue weighted by Gasteiger charge is 2.16. The van der Waals surface area contributed by atoms with Crippen LogP contribution in [0.5, 0.6) is 0 Å². The van der Waals surface area contributed by atoms with Crippen molar-refractivity contribution in [2.45, 2.75) is 26.8 Å². The molecule has 0 saturated heterocycles. The molecule has 0 radical (unpaired) electrons. The summed E-state index contributed by atoms with van der Waals surface area (Å²) in [6, 6.07) is 0. The Bertz CT molecular complexity index is 639. The van der Waals surface area contributed by atoms with Gasteiger partial charge in [-0.05, 0) is 13.3 Å². The molecule has 0 fully saturated rings. The van der Waals surface area contributed by atoms with Crippen molar-refractivity contribution >= 4 is 17.0 Å². The van der Waals surface area contributed by atoms with Gasteiger partial charge in [0, 0.05) is 12.7 Å². The number of rotatable bonds is 3. The van der Waals surface area contributed by atoms with E-state index < -0.39 is 11.4 Å². The predicted molar refractivity (Wildman–Crippen MR) is 62.3 cm³/mol. The van der Waals surface area contributed by atoms with E-state index in [1.165, 1.54) is 6.20 Å². The molecule has 2 aromatic rings. The third-order valence-corrected chi connectivity index (χ3v) is 2.62. The lowest BCUT2D eigenvalue weighted by Crippen LogP contribution is -2.15. The summed E-state index contributed by atoms with van der Waals surface area (Å²) in [5, 5.41) is 13.5. The van der Waals surface area contributed by atoms with Crippen molar-refractivity contribution in [2.24, 2.45) is 0 Å². The van der Waals surface area contributed by atoms with Gasteiger partial charge in [-0.1, -0.05) is 6.92 Å². The van der Waals surface area contributed by atoms with E-state index in [1.54, 1.807) is 11.6 Å². The van der Waals surface area contributed by atoms with Gasteiger partial charge < -0.3 is 10.1 Å². The summed E-state index contributed by atoms with van der Waals surface area (Å²) in [5.74, 6) is -1.23. The Balaban J connectivity index is 2.79. The minimum atomic E-state index is -1.23. The fourth-order valence-corrected chi connectivity index (χ4v) is 1.87. The van der Waals surface area contributed by atoms with E-state index in [4.69, 9.17) is 5.11 Å². The van der Waals surface area contributed by atoms with Crippen LogP contribution in [0.1, 0.15) is 29.4 Å². The van der Waals surface area contributed by atoms with Crippen LogP contribution in [0.25, 0.3) is 11.0 Å². The quantitative estimate of drug-likeness (QED) is 0.835. The molecular weight excluding hydrogens is 222 g/mol. The lowest BCUT2D eigenvalue weighted by atomic mass is 10.2. The van der Waals surface area contributed by atoms with Crippen LogP contribution in [-0.4, -0.2) is 25.8 Å². The molecule has 6 heteroatoms. The van der Waals surface area contributed by atoms with Crippen LogP contribution in [0.15, 0.2) is 11.0 Å². The number of H-pyrrole nitrogens is 1. The molecule has 90 valence electrons. The van der Waals surface area contributed by atoms with E-state index in [0.717, 1.165) is 6.42 Å². The van der Waals surface area contributed by atoms with Crippen LogP contribution in [-0.2, 0) is 6.54 Å². The number of pyridine rings is 1. The smallest absolute Gasteiger partial charge is 0.341 e. The van der Waals surface area contributed by atoms with Crippen molar-refractivity contribution < 1.29 is 9.90 Å². The molecule has 0 unspecified atom stereocenters. The largest absolute Gasteiger partial charge is 0.477 e. The minimum absolute atomic E-state index is 0.253. The van der Waals surface area contributed by atoms with Gasteiger partial charge >= 0.3 is 5.97 Å². The Morgan fingerprint density at radius 3 is 2.88 bits per heavy atom. The fourth-order valence-electron chi connectivity index (χ4n) is 1.87. The summed E-state index contributed by atoms with van der Waals surface area (Å²) in [4.78, 5) is 25.7. The Kier molecular flexibility index (Phi) is 2.71. The van der Waals surface area contributed by atoms with E-state index in [9.17, 15) is 9.59 Å². The molecule has 2 N–H and O–H groups in total. The molecule has 2 aromatic heterocycles. The van der Waals surface area contributed by atoms with Gasteiger partial charge in [-0.15, -0.1) is 0 Å². The van der Waals surface area contributed by atoms with Gasteiger partial charge in [0.25, 0.3) is 0 Å². The van der Waals surface area contributed by atoms with Crippen molar-refractivity contribution in [3.8, 4) is 0 Å². The van der Waals surface area contributed by atoms with Gasteiger partial charge in [-0.2, -0.15) is 5.10 Å². The highest BCUT2D eigenvalue weighted by molar-refractivity contribution is 5.92. The van der Waals surface area contributed by atoms with Gasteiger partial charge in [-0.3, -0.25) is 4.79 Å². The van der Waals surface area contributed by atoms with Crippen molar-refractivity contribution in [2.75, 3.05) is 0 Å². The second kappa shape index (κ2) is 4.04. The van der Waals surface area contributed by atoms with E-state index in [2.05, 4.69) is 10.1 Å². The summed E-state index contributed by atoms with van der Waals surface area (Å²) >= 11 is 0. The molecule has 0 amide bonds. The molecule has 6 nitrogen and oxygen atoms in total. The number of hydrogen-bond donors (Lipinski definition) is 2. The summed E-state index contributed by atoms with van der Waals surface area (Å²) < 4.78 is 1.69. The number of nitrogens with one attached hydrogen (secondary N) is 1. The zero-order valence-corrected chi connectivity index (χ0v) is 9.65. The lowest BCUT2D eigenvalue weighted by molar-refractivity contribution is 0.0695. The Labute approximate surface area is 96.9 Å². The number of aromatic carboxylic acids is 1. The number of aromatic nitrogens is 3. The number of carboxylic acids is 1. The fraction of sp³-hybridized carbons (Fsp3) is 0.364. The first-order valence-corrected chi connectivity index (χ1v) is 5.38. The maximum atomic E-state index is 12.0. The SMILES string of the molecule is CCCn1nc(C)c2c(=O)c(C(=O)O)c[nH]c21. The Morgan fingerprint density at radius 1 is 1.59 bits per heavy atom. The summed E-state index contributed by atoms with van der Waals surface area (Å²) in [6.45, 7) is 4.40. The number of aryl methyl sites for hydroxylation is 2. The molecule has 0 aromatic carbocycles. The molecule has 2 heterocycles. The average molecular weight is 235 g/mol. The molecule has 0 aliphatic heterocycles. The van der Waals surface area contributed by atoms with Gasteiger partial charge in [0.1, 0.15) is 11.2 Å². The Morgan fingerprint density at radius 2 is 2.29 bits per heavy atom. The zero-order valence-electron chi connectivity index (χ0n) is 9.65. The van der Waals surface area contributed by atoms with Crippen LogP contribution in [0.2, 0.25) is 0 Å². The lowest BCUT2D eigenvalue weighted by Gasteiger charge is -2.00. The molecule has 0 bridgehead atoms. The number of aromatic amines is 1. The highest BCUT2D eigenvalue weighted by atomic mass is 16.4. The van der Waals surface area contributed by atoms with Crippen LogP contribution >= 0.6 is 0 Å². The molecule has 17 heavy (non-hydrogen) atoms. The van der Waals surface area contributed by atoms with Crippen molar-refractivity contribution in [1.82, 2.24) is 14.8 Å². The molecular formula is C11H13N3O3. The second-order valence-corrected chi connectivity index (χ2v) is 3.87. The standard InChI is InChI=1S/C11H13N3O3/c1-3-4-14-10-8(6(2)13-14)9(15)7(5-12-10)11(16)17/h5H,3-4H2,1-2H3,(H,12,15)(H,16,17). The number of carbonyl (C=O) groups is 1. The first-order valence-electron chi connectivity index (χ1n) is 5.38. The summed E-state index contributed by atoms with van der Waals surface area (Å²) in [5.41, 5.74) is 0.403. The molecule has 0 aliphatic rings. The number of carboxylic acid groups (broad SMARTS) is 1. The van der Waals surface area contributed by atoms with Crippen LogP contribution < -0.4 is 5.43 Å². The molecule has 0 atom stereocenters. The van der Waals surface area contributed by atoms with Crippen LogP contribution in [0, 0.1) is 6.92 Å². The maximum absolute atomic E-state index is 12.0. The molecule has 2 rings (SSSR count). The third-order valence-electron chi connectivity index (χ3n) is 2.62. The van der Waals surface area contributed by atoms with Crippen LogP contribution in [0.3, 0.4) is 0 Å². The third kappa shape index (κ3) is 1.71. The summed E-state index contributed by atoms with van der Waals surface area (Å²) in [6.07, 6.45) is 2.11. The van der Waals surface area contributed by atoms with Gasteiger partial charge in [0.05, 0.1) is 11.1 Å². The average Bonchev–Trinajstić information content (AvgIpc) is 2.57. The summed E-state index contributed by atoms with van der Waals surface area (Å²) in [7, 11) is 0. The van der Waals surface area contributed by atoms with Gasteiger partial charge in [-0.25, -0.2) is 9.48 Å². The maximum Gasteiger partial charge on any atom is 0.341 e. The zero-order chi connectivity index (χ0) is 12.6. The van der Waals surface area contributed by atoms with Crippen LogP contribution in [0.4, 0.5) is 0 Å². The second-order valence-electron chi connectivity index (χ2n) is 3.87. The van der Waals surface area contributed by atoms with E-state index in [1.807, 2.05) is 6.92 Å². The van der Waals surface area contributed by atoms with Crippen molar-refractivity contribution in [1.29, 1.82) is 0 Å². The van der Waals surface area contributed by atoms with Gasteiger partial charge in [0.2, 0.25) is 5.43 Å². The van der Waals surface area contributed by atoms with Crippen molar-refractivity contribution in [3.63, 3.8) is 0 Å². The number of nitrogens with zero attached hydrogens (tertiary/aromatic N) is 2. The molecule has 0 saturated carbocycles. The normalized spacial score (nSPS) is 10.9. The number of hydrogen-bond acceptors (Lipinski definition) is 3. The van der Waals surface area contributed by atoms with Crippen molar-refractivity contribution in [3.05, 3.63) is 27.7 Å².